The predicted molar refractivity (Wildman–Crippen MR) is 129 cm³/mol. The minimum Gasteiger partial charge on any atom is -0.319 e. The Balaban J connectivity index is 1.54. The molecule has 1 N–H and O–H groups in total. The van der Waals surface area contributed by atoms with E-state index in [2.05, 4.69) is 19.2 Å². The van der Waals surface area contributed by atoms with Crippen molar-refractivity contribution in [3.63, 3.8) is 0 Å². The number of hydrogen-bond donors (Lipinski definition) is 1. The third-order valence-corrected chi connectivity index (χ3v) is 7.79. The van der Waals surface area contributed by atoms with Crippen LogP contribution in [0.2, 0.25) is 0 Å². The summed E-state index contributed by atoms with van der Waals surface area (Å²) in [6.07, 6.45) is 2.46. The first-order valence-corrected chi connectivity index (χ1v) is 13.1. The van der Waals surface area contributed by atoms with E-state index in [0.29, 0.717) is 42.1 Å². The van der Waals surface area contributed by atoms with Gasteiger partial charge in [0, 0.05) is 12.1 Å². The number of nitrogens with one attached hydrogen (secondary N) is 1. The highest BCUT2D eigenvalue weighted by atomic mass is 32.2. The quantitative estimate of drug-likeness (QED) is 0.502. The van der Waals surface area contributed by atoms with Crippen LogP contribution >= 0.6 is 0 Å². The highest BCUT2D eigenvalue weighted by Gasteiger charge is 2.49. The van der Waals surface area contributed by atoms with E-state index in [1.807, 2.05) is 24.3 Å². The van der Waals surface area contributed by atoms with Crippen molar-refractivity contribution in [3.8, 4) is 0 Å². The van der Waals surface area contributed by atoms with Gasteiger partial charge in [0.2, 0.25) is 10.0 Å². The summed E-state index contributed by atoms with van der Waals surface area (Å²) in [5.41, 5.74) is 2.19. The van der Waals surface area contributed by atoms with Gasteiger partial charge in [-0.2, -0.15) is 0 Å². The highest BCUT2D eigenvalue weighted by Crippen LogP contribution is 2.32. The molecule has 0 spiro atoms. The first-order chi connectivity index (χ1) is 15.9. The van der Waals surface area contributed by atoms with Crippen molar-refractivity contribution in [1.29, 1.82) is 0 Å². The van der Waals surface area contributed by atoms with Crippen LogP contribution in [0.1, 0.15) is 60.2 Å². The molecule has 0 bridgehead atoms. The number of ketones is 1. The van der Waals surface area contributed by atoms with Crippen molar-refractivity contribution in [2.75, 3.05) is 23.7 Å². The van der Waals surface area contributed by atoms with Crippen molar-refractivity contribution in [3.05, 3.63) is 64.7 Å². The van der Waals surface area contributed by atoms with E-state index in [0.717, 1.165) is 22.3 Å². The number of sulfonamides is 1. The van der Waals surface area contributed by atoms with Crippen LogP contribution in [0.4, 0.5) is 10.5 Å². The highest BCUT2D eigenvalue weighted by molar-refractivity contribution is 7.92. The zero-order valence-electron chi connectivity index (χ0n) is 19.8. The Morgan fingerprint density at radius 1 is 1.12 bits per heavy atom. The molecule has 1 saturated heterocycles. The fourth-order valence-corrected chi connectivity index (χ4v) is 5.55. The minimum atomic E-state index is -3.41. The summed E-state index contributed by atoms with van der Waals surface area (Å²) in [5.74, 6) is -0.530. The van der Waals surface area contributed by atoms with Gasteiger partial charge in [-0.3, -0.25) is 18.8 Å². The lowest BCUT2D eigenvalue weighted by atomic mass is 9.90. The second kappa shape index (κ2) is 8.54. The van der Waals surface area contributed by atoms with Crippen molar-refractivity contribution in [1.82, 2.24) is 10.2 Å². The third kappa shape index (κ3) is 4.20. The molecule has 0 saturated carbocycles. The number of nitrogens with zero attached hydrogens (tertiary/aromatic N) is 2. The van der Waals surface area contributed by atoms with Crippen LogP contribution in [0, 0.1) is 0 Å². The summed E-state index contributed by atoms with van der Waals surface area (Å²) in [4.78, 5) is 39.9. The molecule has 3 amide bonds. The zero-order valence-corrected chi connectivity index (χ0v) is 20.6. The monoisotopic (exact) mass is 483 g/mol. The molecule has 2 aliphatic rings. The number of carbonyl (C=O) groups is 3. The molecular weight excluding hydrogens is 454 g/mol. The largest absolute Gasteiger partial charge is 0.325 e. The Kier molecular flexibility index (Phi) is 6.01. The molecule has 2 aliphatic heterocycles. The van der Waals surface area contributed by atoms with Gasteiger partial charge in [0.25, 0.3) is 5.91 Å². The van der Waals surface area contributed by atoms with Crippen LogP contribution < -0.4 is 9.62 Å². The molecule has 9 heteroatoms. The first kappa shape index (κ1) is 23.9. The molecule has 1 atom stereocenters. The number of fused-ring (bicyclic) bond motifs is 1. The number of rotatable bonds is 6. The summed E-state index contributed by atoms with van der Waals surface area (Å²) in [6, 6.07) is 11.7. The maximum atomic E-state index is 13.2. The lowest BCUT2D eigenvalue weighted by Gasteiger charge is -2.29. The molecule has 2 aromatic carbocycles. The van der Waals surface area contributed by atoms with Gasteiger partial charge in [-0.05, 0) is 60.6 Å². The standard InChI is InChI=1S/C25H29N3O5S/c1-16(2)17-7-10-20(11-8-17)25(3)23(30)27(24(31)26-25)15-22(29)19-9-12-21-18(14-19)6-5-13-28(21)34(4,32)33/h7-12,14,16H,5-6,13,15H2,1-4H3,(H,26,31). The fourth-order valence-electron chi connectivity index (χ4n) is 4.55. The fraction of sp³-hybridized carbons (Fsp3) is 0.400. The maximum Gasteiger partial charge on any atom is 0.325 e. The van der Waals surface area contributed by atoms with E-state index in [9.17, 15) is 22.8 Å². The smallest absolute Gasteiger partial charge is 0.319 e. The number of urea groups is 1. The average molecular weight is 484 g/mol. The number of Topliss-reactive ketones (excluding diaryl/α,β-unsaturated/α-hetero) is 1. The van der Waals surface area contributed by atoms with E-state index in [1.54, 1.807) is 25.1 Å². The molecule has 0 radical (unpaired) electrons. The number of amides is 3. The Morgan fingerprint density at radius 3 is 2.41 bits per heavy atom. The lowest BCUT2D eigenvalue weighted by Crippen LogP contribution is -2.41. The number of benzene rings is 2. The second-order valence-electron chi connectivity index (χ2n) is 9.43. The number of imide groups is 1. The van der Waals surface area contributed by atoms with Crippen LogP contribution in [-0.4, -0.2) is 50.4 Å². The molecule has 0 aromatic heterocycles. The SMILES string of the molecule is CC(C)c1ccc(C2(C)NC(=O)N(CC(=O)c3ccc4c(c3)CCCN4S(C)(=O)=O)C2=O)cc1. The van der Waals surface area contributed by atoms with E-state index in [-0.39, 0.29) is 12.3 Å². The van der Waals surface area contributed by atoms with Gasteiger partial charge in [-0.15, -0.1) is 0 Å². The Labute approximate surface area is 200 Å². The number of hydrogen-bond acceptors (Lipinski definition) is 5. The molecule has 180 valence electrons. The van der Waals surface area contributed by atoms with E-state index in [1.165, 1.54) is 4.31 Å². The van der Waals surface area contributed by atoms with Gasteiger partial charge in [0.1, 0.15) is 5.54 Å². The average Bonchev–Trinajstić information content (AvgIpc) is 3.01. The van der Waals surface area contributed by atoms with Gasteiger partial charge in [-0.1, -0.05) is 38.1 Å². The van der Waals surface area contributed by atoms with Gasteiger partial charge in [0.05, 0.1) is 18.5 Å². The van der Waals surface area contributed by atoms with Crippen LogP contribution in [0.25, 0.3) is 0 Å². The summed E-state index contributed by atoms with van der Waals surface area (Å²) in [7, 11) is -3.41. The molecule has 8 nitrogen and oxygen atoms in total. The van der Waals surface area contributed by atoms with Gasteiger partial charge in [-0.25, -0.2) is 13.2 Å². The third-order valence-electron chi connectivity index (χ3n) is 6.61. The van der Waals surface area contributed by atoms with Gasteiger partial charge < -0.3 is 5.32 Å². The lowest BCUT2D eigenvalue weighted by molar-refractivity contribution is -0.130. The number of carbonyl (C=O) groups excluding carboxylic acids is 3. The van der Waals surface area contributed by atoms with Gasteiger partial charge >= 0.3 is 6.03 Å². The minimum absolute atomic E-state index is 0.338. The van der Waals surface area contributed by atoms with Crippen molar-refractivity contribution in [2.45, 2.75) is 45.1 Å². The summed E-state index contributed by atoms with van der Waals surface area (Å²) in [6.45, 7) is 5.80. The number of anilines is 1. The van der Waals surface area contributed by atoms with E-state index >= 15 is 0 Å². The normalized spacial score (nSPS) is 20.5. The summed E-state index contributed by atoms with van der Waals surface area (Å²) >= 11 is 0. The van der Waals surface area contributed by atoms with Crippen molar-refractivity contribution in [2.24, 2.45) is 0 Å². The topological polar surface area (TPSA) is 104 Å². The number of aryl methyl sites for hydroxylation is 1. The molecule has 34 heavy (non-hydrogen) atoms. The van der Waals surface area contributed by atoms with Crippen molar-refractivity contribution < 1.29 is 22.8 Å². The Morgan fingerprint density at radius 2 is 1.79 bits per heavy atom. The molecular formula is C25H29N3O5S. The van der Waals surface area contributed by atoms with Crippen molar-refractivity contribution >= 4 is 33.4 Å². The Hall–Kier alpha value is -3.20. The van der Waals surface area contributed by atoms with Crippen LogP contribution in [0.15, 0.2) is 42.5 Å². The predicted octanol–water partition coefficient (Wildman–Crippen LogP) is 3.17. The van der Waals surface area contributed by atoms with E-state index < -0.39 is 27.5 Å². The summed E-state index contributed by atoms with van der Waals surface area (Å²) in [5, 5.41) is 2.74. The van der Waals surface area contributed by atoms with Crippen LogP contribution in [0.3, 0.4) is 0 Å². The Bertz CT molecular complexity index is 1270. The molecule has 0 aliphatic carbocycles. The second-order valence-corrected chi connectivity index (χ2v) is 11.3. The van der Waals surface area contributed by atoms with Gasteiger partial charge in [0.15, 0.2) is 5.78 Å². The molecule has 4 rings (SSSR count). The summed E-state index contributed by atoms with van der Waals surface area (Å²) < 4.78 is 25.5. The molecule has 1 unspecified atom stereocenters. The first-order valence-electron chi connectivity index (χ1n) is 11.3. The van der Waals surface area contributed by atoms with Crippen LogP contribution in [-0.2, 0) is 26.8 Å². The zero-order chi connectivity index (χ0) is 24.8. The van der Waals surface area contributed by atoms with E-state index in [4.69, 9.17) is 0 Å². The molecule has 1 fully saturated rings. The van der Waals surface area contributed by atoms with Crippen LogP contribution in [0.5, 0.6) is 0 Å². The molecule has 2 aromatic rings. The maximum absolute atomic E-state index is 13.2. The molecule has 2 heterocycles.